The van der Waals surface area contributed by atoms with Crippen molar-refractivity contribution in [2.24, 2.45) is 0 Å². The van der Waals surface area contributed by atoms with E-state index in [2.05, 4.69) is 10.3 Å². The number of halogens is 3. The molecule has 1 aliphatic heterocycles. The van der Waals surface area contributed by atoms with Gasteiger partial charge in [0.15, 0.2) is 5.82 Å². The van der Waals surface area contributed by atoms with E-state index in [0.717, 1.165) is 17.8 Å². The summed E-state index contributed by atoms with van der Waals surface area (Å²) in [6.45, 7) is 3.84. The van der Waals surface area contributed by atoms with Crippen LogP contribution in [0.5, 0.6) is 0 Å². The molecule has 0 atom stereocenters. The lowest BCUT2D eigenvalue weighted by Gasteiger charge is -2.27. The number of aromatic nitrogens is 2. The zero-order chi connectivity index (χ0) is 20.6. The van der Waals surface area contributed by atoms with Gasteiger partial charge in [0, 0.05) is 24.5 Å². The number of ether oxygens (including phenoxy) is 1. The van der Waals surface area contributed by atoms with Gasteiger partial charge in [0.25, 0.3) is 5.91 Å². The predicted molar refractivity (Wildman–Crippen MR) is 101 cm³/mol. The predicted octanol–water partition coefficient (Wildman–Crippen LogP) is 3.88. The summed E-state index contributed by atoms with van der Waals surface area (Å²) in [4.78, 5) is 19.0. The molecule has 0 bridgehead atoms. The van der Waals surface area contributed by atoms with Gasteiger partial charge in [0.05, 0.1) is 30.5 Å². The van der Waals surface area contributed by atoms with Crippen molar-refractivity contribution in [3.63, 3.8) is 0 Å². The van der Waals surface area contributed by atoms with Crippen LogP contribution < -0.4 is 5.32 Å². The lowest BCUT2D eigenvalue weighted by Crippen LogP contribution is -2.41. The number of carbonyl (C=O) groups is 1. The van der Waals surface area contributed by atoms with Crippen molar-refractivity contribution in [3.05, 3.63) is 59.5 Å². The molecular formula is C20H19F3N4O2. The Hall–Kier alpha value is -3.07. The molecule has 3 aromatic rings. The molecule has 1 fully saturated rings. The van der Waals surface area contributed by atoms with Crippen molar-refractivity contribution < 1.29 is 22.7 Å². The van der Waals surface area contributed by atoms with Gasteiger partial charge >= 0.3 is 6.18 Å². The molecule has 2 aromatic heterocycles. The summed E-state index contributed by atoms with van der Waals surface area (Å²) in [5, 5.41) is 2.94. The Bertz CT molecular complexity index is 1060. The highest BCUT2D eigenvalue weighted by molar-refractivity contribution is 5.94. The summed E-state index contributed by atoms with van der Waals surface area (Å²) in [5.41, 5.74) is 1.36. The van der Waals surface area contributed by atoms with Crippen LogP contribution in [0.4, 0.5) is 24.7 Å². The van der Waals surface area contributed by atoms with Gasteiger partial charge in [0.1, 0.15) is 5.69 Å². The number of fused-ring (bicyclic) bond motifs is 1. The topological polar surface area (TPSA) is 58.9 Å². The number of amides is 1. The molecule has 152 valence electrons. The van der Waals surface area contributed by atoms with Crippen LogP contribution in [0.2, 0.25) is 0 Å². The molecular weight excluding hydrogens is 385 g/mol. The fourth-order valence-electron chi connectivity index (χ4n) is 3.38. The third-order valence-corrected chi connectivity index (χ3v) is 4.85. The Balaban J connectivity index is 1.70. The van der Waals surface area contributed by atoms with Crippen molar-refractivity contribution in [2.75, 3.05) is 31.6 Å². The first kappa shape index (κ1) is 19.3. The van der Waals surface area contributed by atoms with E-state index < -0.39 is 11.7 Å². The van der Waals surface area contributed by atoms with Gasteiger partial charge in [0.2, 0.25) is 0 Å². The number of aryl methyl sites for hydroxylation is 1. The minimum atomic E-state index is -4.43. The number of hydrogen-bond acceptors (Lipinski definition) is 4. The summed E-state index contributed by atoms with van der Waals surface area (Å²) in [5.74, 6) is 0.215. The van der Waals surface area contributed by atoms with Crippen LogP contribution in [0.1, 0.15) is 21.7 Å². The lowest BCUT2D eigenvalue weighted by atomic mass is 10.2. The van der Waals surface area contributed by atoms with Gasteiger partial charge in [-0.2, -0.15) is 13.2 Å². The Morgan fingerprint density at radius 1 is 1.17 bits per heavy atom. The Morgan fingerprint density at radius 3 is 2.66 bits per heavy atom. The highest BCUT2D eigenvalue weighted by atomic mass is 19.4. The van der Waals surface area contributed by atoms with Crippen LogP contribution in [0, 0.1) is 6.92 Å². The van der Waals surface area contributed by atoms with Crippen LogP contribution in [0.3, 0.4) is 0 Å². The molecule has 0 aliphatic carbocycles. The first-order chi connectivity index (χ1) is 13.8. The minimum Gasteiger partial charge on any atom is -0.378 e. The molecule has 3 heterocycles. The number of benzene rings is 1. The molecule has 6 nitrogen and oxygen atoms in total. The van der Waals surface area contributed by atoms with Gasteiger partial charge < -0.3 is 19.4 Å². The Labute approximate surface area is 164 Å². The van der Waals surface area contributed by atoms with Gasteiger partial charge in [-0.25, -0.2) is 4.98 Å². The fraction of sp³-hybridized carbons (Fsp3) is 0.300. The molecule has 9 heteroatoms. The second-order valence-corrected chi connectivity index (χ2v) is 6.80. The van der Waals surface area contributed by atoms with Gasteiger partial charge in [-0.15, -0.1) is 0 Å². The quantitative estimate of drug-likeness (QED) is 0.720. The smallest absolute Gasteiger partial charge is 0.378 e. The molecule has 1 aromatic carbocycles. The molecule has 1 amide bonds. The van der Waals surface area contributed by atoms with Crippen molar-refractivity contribution >= 4 is 22.9 Å². The monoisotopic (exact) mass is 404 g/mol. The number of morpholine rings is 1. The summed E-state index contributed by atoms with van der Waals surface area (Å²) in [6.07, 6.45) is -2.98. The van der Waals surface area contributed by atoms with Crippen LogP contribution >= 0.6 is 0 Å². The van der Waals surface area contributed by atoms with E-state index in [0.29, 0.717) is 43.3 Å². The van der Waals surface area contributed by atoms with Crippen LogP contribution in [-0.2, 0) is 10.9 Å². The third-order valence-electron chi connectivity index (χ3n) is 4.85. The number of alkyl halides is 3. The highest BCUT2D eigenvalue weighted by Crippen LogP contribution is 2.32. The van der Waals surface area contributed by atoms with E-state index in [1.807, 2.05) is 13.0 Å². The van der Waals surface area contributed by atoms with Crippen molar-refractivity contribution in [3.8, 4) is 0 Å². The molecule has 0 radical (unpaired) electrons. The summed E-state index contributed by atoms with van der Waals surface area (Å²) in [6, 6.07) is 8.54. The van der Waals surface area contributed by atoms with E-state index in [-0.39, 0.29) is 11.6 Å². The number of anilines is 2. The standard InChI is InChI=1S/C20H19F3N4O2/c1-13-5-6-16-18(25-15-4-2-3-14(11-15)20(21,22)23)24-12-17(27(13)16)19(28)26-7-9-29-10-8-26/h2-6,11-12H,7-10H2,1H3,(H,24,25). The van der Waals surface area contributed by atoms with Crippen molar-refractivity contribution in [1.82, 2.24) is 14.3 Å². The SMILES string of the molecule is Cc1ccc2c(Nc3cccc(C(F)(F)F)c3)ncc(C(=O)N3CCOCC3)n12. The molecule has 29 heavy (non-hydrogen) atoms. The number of nitrogens with zero attached hydrogens (tertiary/aromatic N) is 3. The van der Waals surface area contributed by atoms with Crippen LogP contribution in [0.15, 0.2) is 42.6 Å². The molecule has 1 N–H and O–H groups in total. The van der Waals surface area contributed by atoms with Crippen molar-refractivity contribution in [1.29, 1.82) is 0 Å². The average Bonchev–Trinajstić information content (AvgIpc) is 3.10. The third kappa shape index (κ3) is 3.77. The zero-order valence-corrected chi connectivity index (χ0v) is 15.7. The average molecular weight is 404 g/mol. The molecule has 4 rings (SSSR count). The molecule has 0 unspecified atom stereocenters. The van der Waals surface area contributed by atoms with Gasteiger partial charge in [-0.3, -0.25) is 4.79 Å². The first-order valence-electron chi connectivity index (χ1n) is 9.13. The highest BCUT2D eigenvalue weighted by Gasteiger charge is 2.30. The molecule has 0 spiro atoms. The molecule has 0 saturated carbocycles. The van der Waals surface area contributed by atoms with E-state index in [4.69, 9.17) is 4.74 Å². The second-order valence-electron chi connectivity index (χ2n) is 6.80. The molecule has 1 saturated heterocycles. The number of rotatable bonds is 3. The van der Waals surface area contributed by atoms with Gasteiger partial charge in [-0.05, 0) is 37.3 Å². The maximum Gasteiger partial charge on any atom is 0.416 e. The number of hydrogen-bond donors (Lipinski definition) is 1. The Morgan fingerprint density at radius 2 is 1.93 bits per heavy atom. The lowest BCUT2D eigenvalue weighted by molar-refractivity contribution is -0.137. The minimum absolute atomic E-state index is 0.157. The van der Waals surface area contributed by atoms with E-state index in [1.54, 1.807) is 15.4 Å². The second kappa shape index (κ2) is 7.40. The largest absolute Gasteiger partial charge is 0.416 e. The molecule has 1 aliphatic rings. The number of nitrogens with one attached hydrogen (secondary N) is 1. The van der Waals surface area contributed by atoms with E-state index in [1.165, 1.54) is 18.3 Å². The summed E-state index contributed by atoms with van der Waals surface area (Å²) in [7, 11) is 0. The zero-order valence-electron chi connectivity index (χ0n) is 15.7. The van der Waals surface area contributed by atoms with Crippen molar-refractivity contribution in [2.45, 2.75) is 13.1 Å². The van der Waals surface area contributed by atoms with Crippen LogP contribution in [0.25, 0.3) is 5.52 Å². The van der Waals surface area contributed by atoms with E-state index >= 15 is 0 Å². The van der Waals surface area contributed by atoms with E-state index in [9.17, 15) is 18.0 Å². The van der Waals surface area contributed by atoms with Crippen LogP contribution in [-0.4, -0.2) is 46.5 Å². The summed E-state index contributed by atoms with van der Waals surface area (Å²) < 4.78 is 46.0. The Kier molecular flexibility index (Phi) is 4.91. The number of carbonyl (C=O) groups excluding carboxylic acids is 1. The fourth-order valence-corrected chi connectivity index (χ4v) is 3.38. The first-order valence-corrected chi connectivity index (χ1v) is 9.13. The van der Waals surface area contributed by atoms with Gasteiger partial charge in [-0.1, -0.05) is 6.07 Å². The maximum atomic E-state index is 13.0. The maximum absolute atomic E-state index is 13.0. The summed E-state index contributed by atoms with van der Waals surface area (Å²) >= 11 is 0. The normalized spacial score (nSPS) is 15.0.